The van der Waals surface area contributed by atoms with Crippen molar-refractivity contribution in [3.63, 3.8) is 0 Å². The molecular weight excluding hydrogens is 186 g/mol. The van der Waals surface area contributed by atoms with Gasteiger partial charge in [-0.05, 0) is 56.4 Å². The standard InChI is InChI=1S/C13H19NO/c1-10-4-5-12(8-11(10)2)14-9-13(15)6-3-7-13/h4-5,8,14-15H,3,6-7,9H2,1-2H3. The molecule has 0 amide bonds. The zero-order chi connectivity index (χ0) is 10.9. The molecule has 15 heavy (non-hydrogen) atoms. The first-order valence-corrected chi connectivity index (χ1v) is 5.63. The molecule has 1 aromatic carbocycles. The van der Waals surface area contributed by atoms with Crippen molar-refractivity contribution in [1.29, 1.82) is 0 Å². The van der Waals surface area contributed by atoms with Gasteiger partial charge in [0.2, 0.25) is 0 Å². The molecule has 0 bridgehead atoms. The van der Waals surface area contributed by atoms with E-state index in [2.05, 4.69) is 37.4 Å². The van der Waals surface area contributed by atoms with E-state index in [1.807, 2.05) is 0 Å². The molecular formula is C13H19NO. The molecule has 1 aliphatic carbocycles. The zero-order valence-corrected chi connectivity index (χ0v) is 9.51. The minimum absolute atomic E-state index is 0.446. The van der Waals surface area contributed by atoms with Gasteiger partial charge in [-0.3, -0.25) is 0 Å². The van der Waals surface area contributed by atoms with E-state index in [9.17, 15) is 5.11 Å². The van der Waals surface area contributed by atoms with E-state index in [1.54, 1.807) is 0 Å². The maximum atomic E-state index is 9.93. The van der Waals surface area contributed by atoms with E-state index in [0.717, 1.165) is 24.9 Å². The molecule has 82 valence electrons. The van der Waals surface area contributed by atoms with Crippen LogP contribution in [0.3, 0.4) is 0 Å². The lowest BCUT2D eigenvalue weighted by Gasteiger charge is -2.36. The fourth-order valence-corrected chi connectivity index (χ4v) is 1.88. The van der Waals surface area contributed by atoms with Crippen LogP contribution < -0.4 is 5.32 Å². The van der Waals surface area contributed by atoms with Crippen LogP contribution in [0.5, 0.6) is 0 Å². The SMILES string of the molecule is Cc1ccc(NCC2(O)CCC2)cc1C. The second-order valence-corrected chi connectivity index (χ2v) is 4.73. The van der Waals surface area contributed by atoms with Gasteiger partial charge in [-0.15, -0.1) is 0 Å². The van der Waals surface area contributed by atoms with Gasteiger partial charge >= 0.3 is 0 Å². The lowest BCUT2D eigenvalue weighted by atomic mass is 9.80. The molecule has 2 heteroatoms. The Balaban J connectivity index is 1.96. The van der Waals surface area contributed by atoms with Gasteiger partial charge in [0.1, 0.15) is 0 Å². The van der Waals surface area contributed by atoms with E-state index in [0.29, 0.717) is 6.54 Å². The number of anilines is 1. The lowest BCUT2D eigenvalue weighted by Crippen LogP contribution is -2.43. The predicted octanol–water partition coefficient (Wildman–Crippen LogP) is 2.63. The molecule has 0 atom stereocenters. The van der Waals surface area contributed by atoms with Crippen LogP contribution in [0.25, 0.3) is 0 Å². The first-order chi connectivity index (χ1) is 7.09. The maximum Gasteiger partial charge on any atom is 0.0819 e. The third-order valence-corrected chi connectivity index (χ3v) is 3.41. The Bertz CT molecular complexity index is 356. The Hall–Kier alpha value is -1.02. The monoisotopic (exact) mass is 205 g/mol. The van der Waals surface area contributed by atoms with Crippen LogP contribution >= 0.6 is 0 Å². The van der Waals surface area contributed by atoms with Gasteiger partial charge in [0.25, 0.3) is 0 Å². The quantitative estimate of drug-likeness (QED) is 0.795. The summed E-state index contributed by atoms with van der Waals surface area (Å²) in [6.07, 6.45) is 3.03. The smallest absolute Gasteiger partial charge is 0.0819 e. The van der Waals surface area contributed by atoms with Gasteiger partial charge in [0.05, 0.1) is 5.60 Å². The van der Waals surface area contributed by atoms with Crippen molar-refractivity contribution >= 4 is 5.69 Å². The summed E-state index contributed by atoms with van der Waals surface area (Å²) < 4.78 is 0. The Labute approximate surface area is 91.3 Å². The molecule has 2 nitrogen and oxygen atoms in total. The van der Waals surface area contributed by atoms with Crippen molar-refractivity contribution in [1.82, 2.24) is 0 Å². The molecule has 1 aromatic rings. The Kier molecular flexibility index (Phi) is 2.70. The van der Waals surface area contributed by atoms with Gasteiger partial charge in [-0.25, -0.2) is 0 Å². The fourth-order valence-electron chi connectivity index (χ4n) is 1.88. The maximum absolute atomic E-state index is 9.93. The van der Waals surface area contributed by atoms with Crippen LogP contribution in [0.15, 0.2) is 18.2 Å². The van der Waals surface area contributed by atoms with Gasteiger partial charge in [-0.2, -0.15) is 0 Å². The minimum atomic E-state index is -0.446. The van der Waals surface area contributed by atoms with E-state index >= 15 is 0 Å². The normalized spacial score (nSPS) is 18.3. The van der Waals surface area contributed by atoms with E-state index in [4.69, 9.17) is 0 Å². The summed E-state index contributed by atoms with van der Waals surface area (Å²) in [6.45, 7) is 4.90. The number of benzene rings is 1. The van der Waals surface area contributed by atoms with Crippen LogP contribution in [0.4, 0.5) is 5.69 Å². The zero-order valence-electron chi connectivity index (χ0n) is 9.51. The summed E-state index contributed by atoms with van der Waals surface area (Å²) in [7, 11) is 0. The number of aryl methyl sites for hydroxylation is 2. The number of nitrogens with one attached hydrogen (secondary N) is 1. The van der Waals surface area contributed by atoms with Crippen molar-refractivity contribution < 1.29 is 5.11 Å². The number of rotatable bonds is 3. The molecule has 0 aliphatic heterocycles. The first kappa shape index (κ1) is 10.5. The van der Waals surface area contributed by atoms with Crippen molar-refractivity contribution in [2.24, 2.45) is 0 Å². The van der Waals surface area contributed by atoms with Crippen molar-refractivity contribution in [2.45, 2.75) is 38.7 Å². The number of hydrogen-bond donors (Lipinski definition) is 2. The molecule has 0 radical (unpaired) electrons. The summed E-state index contributed by atoms with van der Waals surface area (Å²) >= 11 is 0. The Morgan fingerprint density at radius 3 is 2.53 bits per heavy atom. The predicted molar refractivity (Wildman–Crippen MR) is 63.2 cm³/mol. The minimum Gasteiger partial charge on any atom is -0.388 e. The molecule has 1 saturated carbocycles. The highest BCUT2D eigenvalue weighted by Gasteiger charge is 2.33. The molecule has 0 heterocycles. The fraction of sp³-hybridized carbons (Fsp3) is 0.538. The summed E-state index contributed by atoms with van der Waals surface area (Å²) in [5, 5.41) is 13.2. The molecule has 1 fully saturated rings. The van der Waals surface area contributed by atoms with Crippen LogP contribution in [-0.2, 0) is 0 Å². The van der Waals surface area contributed by atoms with Crippen LogP contribution in [0.2, 0.25) is 0 Å². The molecule has 0 unspecified atom stereocenters. The van der Waals surface area contributed by atoms with Gasteiger partial charge in [-0.1, -0.05) is 6.07 Å². The van der Waals surface area contributed by atoms with Crippen LogP contribution in [0, 0.1) is 13.8 Å². The summed E-state index contributed by atoms with van der Waals surface area (Å²) in [5.74, 6) is 0. The third kappa shape index (κ3) is 2.32. The molecule has 0 aromatic heterocycles. The van der Waals surface area contributed by atoms with Gasteiger partial charge < -0.3 is 10.4 Å². The molecule has 2 N–H and O–H groups in total. The highest BCUT2D eigenvalue weighted by Crippen LogP contribution is 2.31. The van der Waals surface area contributed by atoms with Crippen LogP contribution in [0.1, 0.15) is 30.4 Å². The number of hydrogen-bond acceptors (Lipinski definition) is 2. The first-order valence-electron chi connectivity index (χ1n) is 5.63. The van der Waals surface area contributed by atoms with Crippen LogP contribution in [-0.4, -0.2) is 17.3 Å². The van der Waals surface area contributed by atoms with E-state index < -0.39 is 5.60 Å². The Morgan fingerprint density at radius 1 is 1.27 bits per heavy atom. The second kappa shape index (κ2) is 3.86. The van der Waals surface area contributed by atoms with Crippen molar-refractivity contribution in [2.75, 3.05) is 11.9 Å². The van der Waals surface area contributed by atoms with Gasteiger partial charge in [0, 0.05) is 12.2 Å². The highest BCUT2D eigenvalue weighted by atomic mass is 16.3. The van der Waals surface area contributed by atoms with E-state index in [-0.39, 0.29) is 0 Å². The summed E-state index contributed by atoms with van der Waals surface area (Å²) in [4.78, 5) is 0. The molecule has 0 saturated heterocycles. The largest absolute Gasteiger partial charge is 0.388 e. The molecule has 1 aliphatic rings. The van der Waals surface area contributed by atoms with Crippen molar-refractivity contribution in [3.8, 4) is 0 Å². The van der Waals surface area contributed by atoms with Crippen molar-refractivity contribution in [3.05, 3.63) is 29.3 Å². The Morgan fingerprint density at radius 2 is 2.00 bits per heavy atom. The average molecular weight is 205 g/mol. The second-order valence-electron chi connectivity index (χ2n) is 4.73. The molecule has 2 rings (SSSR count). The summed E-state index contributed by atoms with van der Waals surface area (Å²) in [6, 6.07) is 6.32. The summed E-state index contributed by atoms with van der Waals surface area (Å²) in [5.41, 5.74) is 3.26. The highest BCUT2D eigenvalue weighted by molar-refractivity contribution is 5.48. The van der Waals surface area contributed by atoms with Gasteiger partial charge in [0.15, 0.2) is 0 Å². The molecule has 0 spiro atoms. The lowest BCUT2D eigenvalue weighted by molar-refractivity contribution is -0.0201. The van der Waals surface area contributed by atoms with E-state index in [1.165, 1.54) is 11.1 Å². The average Bonchev–Trinajstić information content (AvgIpc) is 2.17. The number of aliphatic hydroxyl groups is 1. The third-order valence-electron chi connectivity index (χ3n) is 3.41. The topological polar surface area (TPSA) is 32.3 Å².